The van der Waals surface area contributed by atoms with Crippen molar-refractivity contribution in [2.75, 3.05) is 6.61 Å². The van der Waals surface area contributed by atoms with Crippen LogP contribution in [0, 0.1) is 0 Å². The molecule has 7 nitrogen and oxygen atoms in total. The summed E-state index contributed by atoms with van der Waals surface area (Å²) < 4.78 is 66.3. The fraction of sp³-hybridized carbons (Fsp3) is 0.500. The van der Waals surface area contributed by atoms with E-state index in [0.717, 1.165) is 25.3 Å². The predicted molar refractivity (Wildman–Crippen MR) is 131 cm³/mol. The molecule has 0 amide bonds. The van der Waals surface area contributed by atoms with Crippen LogP contribution in [0.2, 0.25) is 0 Å². The summed E-state index contributed by atoms with van der Waals surface area (Å²) in [5.74, 6) is 0. The zero-order chi connectivity index (χ0) is 23.5. The van der Waals surface area contributed by atoms with Gasteiger partial charge in [-0.25, -0.2) is 8.42 Å². The highest BCUT2D eigenvalue weighted by Gasteiger charge is 2.27. The second kappa shape index (κ2) is 14.5. The molecule has 0 saturated heterocycles. The molecule has 0 fully saturated rings. The van der Waals surface area contributed by atoms with E-state index >= 15 is 0 Å². The monoisotopic (exact) mass is 499 g/mol. The molecule has 0 bridgehead atoms. The number of rotatable bonds is 15. The normalized spacial score (nSPS) is 11.8. The molecule has 0 radical (unpaired) electrons. The number of unbranched alkanes of at least 4 members (excludes halogenated alkanes) is 9. The molecule has 0 atom stereocenters. The highest BCUT2D eigenvalue weighted by Crippen LogP contribution is 2.33. The summed E-state index contributed by atoms with van der Waals surface area (Å²) in [5, 5.41) is 0. The molecular weight excluding hydrogens is 462 g/mol. The highest BCUT2D eigenvalue weighted by atomic mass is 32.2. The topological polar surface area (TPSA) is 137 Å². The molecule has 2 aromatic rings. The number of quaternary nitrogens is 1. The maximum atomic E-state index is 12.9. The van der Waals surface area contributed by atoms with Gasteiger partial charge in [-0.3, -0.25) is 4.18 Å². The highest BCUT2D eigenvalue weighted by molar-refractivity contribution is 7.89. The Kier molecular flexibility index (Phi) is 12.8. The van der Waals surface area contributed by atoms with E-state index in [9.17, 15) is 21.4 Å². The molecule has 9 heteroatoms. The van der Waals surface area contributed by atoms with Crippen molar-refractivity contribution < 1.29 is 25.6 Å². The van der Waals surface area contributed by atoms with Crippen molar-refractivity contribution in [1.29, 1.82) is 0 Å². The summed E-state index contributed by atoms with van der Waals surface area (Å²) in [4.78, 5) is -1.38. The van der Waals surface area contributed by atoms with E-state index in [4.69, 9.17) is 4.18 Å². The Morgan fingerprint density at radius 1 is 0.727 bits per heavy atom. The summed E-state index contributed by atoms with van der Waals surface area (Å²) >= 11 is 0. The van der Waals surface area contributed by atoms with Gasteiger partial charge in [-0.2, -0.15) is 8.42 Å². The molecule has 0 saturated carbocycles. The van der Waals surface area contributed by atoms with E-state index in [2.05, 4.69) is 6.92 Å². The molecular formula is C24H37NO6S2. The Labute approximate surface area is 199 Å². The molecule has 0 unspecified atom stereocenters. The van der Waals surface area contributed by atoms with Gasteiger partial charge in [-0.05, 0) is 18.1 Å². The van der Waals surface area contributed by atoms with Crippen LogP contribution in [0.1, 0.15) is 71.1 Å². The molecule has 0 aromatic heterocycles. The van der Waals surface area contributed by atoms with Crippen molar-refractivity contribution in [2.45, 2.75) is 80.9 Å². The van der Waals surface area contributed by atoms with E-state index in [-0.39, 0.29) is 18.3 Å². The lowest BCUT2D eigenvalue weighted by Gasteiger charge is -2.17. The van der Waals surface area contributed by atoms with Crippen LogP contribution in [0.15, 0.2) is 58.3 Å². The first-order valence-electron chi connectivity index (χ1n) is 11.3. The number of benzene rings is 2. The lowest BCUT2D eigenvalue weighted by molar-refractivity contribution is 0.305. The van der Waals surface area contributed by atoms with Crippen LogP contribution in [0.4, 0.5) is 0 Å². The first-order chi connectivity index (χ1) is 15.3. The van der Waals surface area contributed by atoms with Gasteiger partial charge in [0.15, 0.2) is 0 Å². The second-order valence-electron chi connectivity index (χ2n) is 7.91. The van der Waals surface area contributed by atoms with Crippen molar-refractivity contribution >= 4 is 20.2 Å². The lowest BCUT2D eigenvalue weighted by Crippen LogP contribution is -2.14. The maximum absolute atomic E-state index is 12.9. The first kappa shape index (κ1) is 29.3. The van der Waals surface area contributed by atoms with Crippen molar-refractivity contribution in [2.24, 2.45) is 0 Å². The largest absolute Gasteiger partial charge is 0.744 e. The SMILES string of the molecule is CCCCCCCCCCCCOS(=O)(=O)c1c(-c2ccccc2)cccc1S(=O)(=O)[O-].[NH4+]. The Hall–Kier alpha value is -1.78. The molecule has 0 aliphatic rings. The van der Waals surface area contributed by atoms with Crippen LogP contribution in [-0.4, -0.2) is 28.0 Å². The minimum Gasteiger partial charge on any atom is -0.744 e. The van der Waals surface area contributed by atoms with E-state index in [0.29, 0.717) is 12.0 Å². The molecule has 0 aliphatic carbocycles. The third-order valence-corrected chi connectivity index (χ3v) is 7.74. The van der Waals surface area contributed by atoms with Crippen molar-refractivity contribution in [1.82, 2.24) is 6.15 Å². The van der Waals surface area contributed by atoms with E-state index in [1.165, 1.54) is 50.7 Å². The van der Waals surface area contributed by atoms with Gasteiger partial charge in [0.2, 0.25) is 0 Å². The van der Waals surface area contributed by atoms with Gasteiger partial charge in [0, 0.05) is 5.56 Å². The van der Waals surface area contributed by atoms with Gasteiger partial charge in [-0.1, -0.05) is 107 Å². The standard InChI is InChI=1S/C24H34O6S2.H3N/c1-2-3-4-5-6-7-8-9-10-14-20-30-32(28,29)24-22(21-16-12-11-13-17-21)18-15-19-23(24)31(25,26)27;/h11-13,15-19H,2-10,14,20H2,1H3,(H,25,26,27);1H3. The van der Waals surface area contributed by atoms with Crippen LogP contribution in [0.25, 0.3) is 11.1 Å². The van der Waals surface area contributed by atoms with Crippen LogP contribution in [0.3, 0.4) is 0 Å². The number of hydrogen-bond donors (Lipinski definition) is 1. The Morgan fingerprint density at radius 2 is 1.27 bits per heavy atom. The summed E-state index contributed by atoms with van der Waals surface area (Å²) in [5.41, 5.74) is 0.615. The molecule has 33 heavy (non-hydrogen) atoms. The number of hydrogen-bond acceptors (Lipinski definition) is 6. The predicted octanol–water partition coefficient (Wildman–Crippen LogP) is 6.26. The quantitative estimate of drug-likeness (QED) is 0.174. The van der Waals surface area contributed by atoms with E-state index in [1.54, 1.807) is 30.3 Å². The second-order valence-corrected chi connectivity index (χ2v) is 10.8. The fourth-order valence-electron chi connectivity index (χ4n) is 3.63. The van der Waals surface area contributed by atoms with Crippen molar-refractivity contribution in [3.63, 3.8) is 0 Å². The smallest absolute Gasteiger partial charge is 0.298 e. The van der Waals surface area contributed by atoms with Crippen LogP contribution in [0.5, 0.6) is 0 Å². The van der Waals surface area contributed by atoms with Gasteiger partial charge in [0.1, 0.15) is 15.0 Å². The molecule has 4 N–H and O–H groups in total. The maximum Gasteiger partial charge on any atom is 0.298 e. The molecule has 0 aliphatic heterocycles. The van der Waals surface area contributed by atoms with Crippen LogP contribution < -0.4 is 6.15 Å². The van der Waals surface area contributed by atoms with Crippen molar-refractivity contribution in [3.05, 3.63) is 48.5 Å². The third kappa shape index (κ3) is 9.54. The Bertz CT molecular complexity index is 1040. The van der Waals surface area contributed by atoms with Gasteiger partial charge < -0.3 is 10.7 Å². The Morgan fingerprint density at radius 3 is 1.82 bits per heavy atom. The average Bonchev–Trinajstić information content (AvgIpc) is 2.77. The van der Waals surface area contributed by atoms with E-state index < -0.39 is 30.0 Å². The van der Waals surface area contributed by atoms with E-state index in [1.807, 2.05) is 0 Å². The van der Waals surface area contributed by atoms with Crippen LogP contribution in [-0.2, 0) is 24.4 Å². The molecule has 2 rings (SSSR count). The molecule has 0 heterocycles. The third-order valence-electron chi connectivity index (χ3n) is 5.32. The zero-order valence-corrected chi connectivity index (χ0v) is 21.3. The Balaban J connectivity index is 0.00000544. The van der Waals surface area contributed by atoms with Gasteiger partial charge in [0.05, 0.1) is 11.5 Å². The lowest BCUT2D eigenvalue weighted by atomic mass is 10.1. The average molecular weight is 500 g/mol. The summed E-state index contributed by atoms with van der Waals surface area (Å²) in [6, 6.07) is 12.3. The first-order valence-corrected chi connectivity index (χ1v) is 14.1. The molecule has 186 valence electrons. The van der Waals surface area contributed by atoms with Gasteiger partial charge in [0.25, 0.3) is 10.1 Å². The summed E-state index contributed by atoms with van der Waals surface area (Å²) in [7, 11) is -9.45. The van der Waals surface area contributed by atoms with Crippen LogP contribution >= 0.6 is 0 Å². The molecule has 2 aromatic carbocycles. The summed E-state index contributed by atoms with van der Waals surface area (Å²) in [6.45, 7) is 2.14. The summed E-state index contributed by atoms with van der Waals surface area (Å²) in [6.07, 6.45) is 11.0. The fourth-order valence-corrected chi connectivity index (χ4v) is 6.05. The van der Waals surface area contributed by atoms with Gasteiger partial charge >= 0.3 is 0 Å². The van der Waals surface area contributed by atoms with Crippen molar-refractivity contribution in [3.8, 4) is 11.1 Å². The zero-order valence-electron chi connectivity index (χ0n) is 19.7. The van der Waals surface area contributed by atoms with Gasteiger partial charge in [-0.15, -0.1) is 0 Å². The molecule has 0 spiro atoms. The minimum atomic E-state index is -5.01. The minimum absolute atomic E-state index is 0.